The smallest absolute Gasteiger partial charge is 0.335 e. The van der Waals surface area contributed by atoms with Gasteiger partial charge < -0.3 is 25.3 Å². The van der Waals surface area contributed by atoms with Crippen molar-refractivity contribution < 1.29 is 30.0 Å². The summed E-state index contributed by atoms with van der Waals surface area (Å²) in [5, 5.41) is 32.5. The highest BCUT2D eigenvalue weighted by Crippen LogP contribution is 2.48. The van der Waals surface area contributed by atoms with Crippen molar-refractivity contribution in [2.24, 2.45) is 0 Å². The fourth-order valence-electron chi connectivity index (χ4n) is 4.01. The highest BCUT2D eigenvalue weighted by Gasteiger charge is 2.34. The molecule has 1 heterocycles. The van der Waals surface area contributed by atoms with E-state index in [0.717, 1.165) is 6.54 Å². The van der Waals surface area contributed by atoms with Gasteiger partial charge in [-0.2, -0.15) is 0 Å². The Kier molecular flexibility index (Phi) is 8.36. The first-order valence-corrected chi connectivity index (χ1v) is 9.67. The average molecular weight is 448 g/mol. The average Bonchev–Trinajstić information content (AvgIpc) is 3.07. The molecule has 166 valence electrons. The van der Waals surface area contributed by atoms with Gasteiger partial charge >= 0.3 is 11.9 Å². The van der Waals surface area contributed by atoms with Gasteiger partial charge in [-0.25, -0.2) is 9.59 Å². The van der Waals surface area contributed by atoms with Gasteiger partial charge in [0.1, 0.15) is 0 Å². The molecule has 0 saturated heterocycles. The highest BCUT2D eigenvalue weighted by molar-refractivity contribution is 5.85. The summed E-state index contributed by atoms with van der Waals surface area (Å²) in [6.07, 6.45) is -3.35. The van der Waals surface area contributed by atoms with E-state index in [1.54, 1.807) is 11.1 Å². The molecule has 31 heavy (non-hydrogen) atoms. The number of hydrogen-bond acceptors (Lipinski definition) is 5. The summed E-state index contributed by atoms with van der Waals surface area (Å²) in [6.45, 7) is 2.28. The van der Waals surface area contributed by atoms with Crippen LogP contribution in [0.2, 0.25) is 0 Å². The molecule has 4 N–H and O–H groups in total. The monoisotopic (exact) mass is 447 g/mol. The molecule has 4 rings (SSSR count). The maximum atomic E-state index is 9.77. The Morgan fingerprint density at radius 3 is 2.06 bits per heavy atom. The number of likely N-dealkylation sites (N-methyl/N-ethyl adjacent to an activating group) is 1. The zero-order valence-corrected chi connectivity index (χ0v) is 17.8. The second kappa shape index (κ2) is 10.5. The van der Waals surface area contributed by atoms with Crippen molar-refractivity contribution in [3.05, 3.63) is 76.9 Å². The van der Waals surface area contributed by atoms with E-state index in [1.165, 1.54) is 29.7 Å². The van der Waals surface area contributed by atoms with Crippen LogP contribution < -0.4 is 0 Å². The Hall–Kier alpha value is -2.71. The molecule has 0 aromatic heterocycles. The molecule has 7 nitrogen and oxygen atoms in total. The van der Waals surface area contributed by atoms with Crippen LogP contribution in [-0.2, 0) is 9.59 Å². The minimum absolute atomic E-state index is 0. The van der Waals surface area contributed by atoms with Crippen LogP contribution in [0.25, 0.3) is 5.57 Å². The maximum Gasteiger partial charge on any atom is 0.335 e. The second-order valence-electron chi connectivity index (χ2n) is 7.49. The summed E-state index contributed by atoms with van der Waals surface area (Å²) >= 11 is 0. The summed E-state index contributed by atoms with van der Waals surface area (Å²) in [5.74, 6) is -3.07. The predicted molar refractivity (Wildman–Crippen MR) is 118 cm³/mol. The van der Waals surface area contributed by atoms with E-state index in [2.05, 4.69) is 66.5 Å². The van der Waals surface area contributed by atoms with Crippen molar-refractivity contribution in [3.8, 4) is 0 Å². The van der Waals surface area contributed by atoms with Crippen molar-refractivity contribution in [2.75, 3.05) is 20.1 Å². The zero-order chi connectivity index (χ0) is 21.8. The first-order chi connectivity index (χ1) is 14.3. The fraction of sp³-hybridized carbons (Fsp3) is 0.304. The van der Waals surface area contributed by atoms with Crippen LogP contribution in [0.15, 0.2) is 60.2 Å². The Morgan fingerprint density at radius 1 is 0.935 bits per heavy atom. The number of rotatable bonds is 4. The molecule has 0 spiro atoms. The third kappa shape index (κ3) is 5.32. The first kappa shape index (κ1) is 24.6. The quantitative estimate of drug-likeness (QED) is 0.567. The van der Waals surface area contributed by atoms with Crippen LogP contribution in [0.1, 0.15) is 29.0 Å². The van der Waals surface area contributed by atoms with E-state index < -0.39 is 24.1 Å². The number of nitrogens with zero attached hydrogens (tertiary/aromatic N) is 1. The van der Waals surface area contributed by atoms with Gasteiger partial charge in [0.05, 0.1) is 0 Å². The molecular weight excluding hydrogens is 422 g/mol. The predicted octanol–water partition coefficient (Wildman–Crippen LogP) is 2.22. The molecule has 0 saturated carbocycles. The largest absolute Gasteiger partial charge is 0.479 e. The molecular formula is C23H26ClNO6. The molecule has 8 heteroatoms. The van der Waals surface area contributed by atoms with E-state index in [1.807, 2.05) is 0 Å². The minimum Gasteiger partial charge on any atom is -0.479 e. The molecule has 3 unspecified atom stereocenters. The first-order valence-electron chi connectivity index (χ1n) is 9.67. The molecule has 0 radical (unpaired) electrons. The zero-order valence-electron chi connectivity index (χ0n) is 17.0. The molecule has 1 aliphatic carbocycles. The van der Waals surface area contributed by atoms with Gasteiger partial charge in [-0.3, -0.25) is 0 Å². The number of benzene rings is 2. The Morgan fingerprint density at radius 2 is 1.48 bits per heavy atom. The molecule has 3 atom stereocenters. The second-order valence-corrected chi connectivity index (χ2v) is 7.49. The minimum atomic E-state index is -2.27. The van der Waals surface area contributed by atoms with Crippen LogP contribution in [0.5, 0.6) is 0 Å². The van der Waals surface area contributed by atoms with Gasteiger partial charge in [-0.05, 0) is 41.3 Å². The molecule has 0 bridgehead atoms. The fourth-order valence-corrected chi connectivity index (χ4v) is 4.01. The molecule has 0 fully saturated rings. The van der Waals surface area contributed by atoms with Gasteiger partial charge in [0, 0.05) is 19.0 Å². The van der Waals surface area contributed by atoms with Gasteiger partial charge in [-0.15, -0.1) is 12.4 Å². The van der Waals surface area contributed by atoms with Crippen molar-refractivity contribution >= 4 is 29.9 Å². The van der Waals surface area contributed by atoms with E-state index in [4.69, 9.17) is 20.4 Å². The number of aliphatic hydroxyl groups excluding tert-OH is 2. The van der Waals surface area contributed by atoms with Gasteiger partial charge in [-0.1, -0.05) is 54.6 Å². The third-order valence-corrected chi connectivity index (χ3v) is 5.45. The van der Waals surface area contributed by atoms with Crippen molar-refractivity contribution in [2.45, 2.75) is 24.5 Å². The normalized spacial score (nSPS) is 19.1. The van der Waals surface area contributed by atoms with Gasteiger partial charge in [0.2, 0.25) is 0 Å². The number of hydrogen-bond donors (Lipinski definition) is 4. The van der Waals surface area contributed by atoms with Crippen LogP contribution in [0, 0.1) is 0 Å². The van der Waals surface area contributed by atoms with E-state index in [9.17, 15) is 9.59 Å². The standard InChI is InChI=1S/C19H19N.C4H6O6.ClH/c1-20-12-11-16-15-9-5-6-10-17(15)19(18(16)13-20)14-7-3-2-4-8-14;5-1(3(7)8)2(6)4(9)10;/h2-10,19H,11-13H2,1H3;1-2,5-6H,(H,7,8)(H,9,10);1H. The lowest BCUT2D eigenvalue weighted by Gasteiger charge is -2.27. The van der Waals surface area contributed by atoms with Crippen molar-refractivity contribution in [3.63, 3.8) is 0 Å². The highest BCUT2D eigenvalue weighted by atomic mass is 35.5. The van der Waals surface area contributed by atoms with Crippen LogP contribution in [0.3, 0.4) is 0 Å². The van der Waals surface area contributed by atoms with Crippen LogP contribution in [-0.4, -0.2) is 69.6 Å². The number of carbonyl (C=O) groups is 2. The number of aliphatic carboxylic acids is 2. The number of carboxylic acid groups (broad SMARTS) is 2. The van der Waals surface area contributed by atoms with E-state index in [0.29, 0.717) is 5.92 Å². The Labute approximate surface area is 186 Å². The summed E-state index contributed by atoms with van der Waals surface area (Å²) < 4.78 is 0. The van der Waals surface area contributed by atoms with Crippen molar-refractivity contribution in [1.29, 1.82) is 0 Å². The SMILES string of the molecule is CN1CCC2=C(C1)C(c1ccccc1)c1ccccc12.Cl.O=C(O)C(O)C(O)C(=O)O. The topological polar surface area (TPSA) is 118 Å². The number of fused-ring (bicyclic) bond motifs is 2. The lowest BCUT2D eigenvalue weighted by atomic mass is 9.87. The maximum absolute atomic E-state index is 9.77. The van der Waals surface area contributed by atoms with E-state index >= 15 is 0 Å². The summed E-state index contributed by atoms with van der Waals surface area (Å²) in [6, 6.07) is 19.9. The van der Waals surface area contributed by atoms with Crippen LogP contribution in [0.4, 0.5) is 0 Å². The lowest BCUT2D eigenvalue weighted by Crippen LogP contribution is -2.39. The summed E-state index contributed by atoms with van der Waals surface area (Å²) in [4.78, 5) is 22.0. The lowest BCUT2D eigenvalue weighted by molar-refractivity contribution is -0.165. The molecule has 1 aliphatic heterocycles. The summed E-state index contributed by atoms with van der Waals surface area (Å²) in [5.41, 5.74) is 7.64. The molecule has 2 aromatic carbocycles. The van der Waals surface area contributed by atoms with Crippen molar-refractivity contribution in [1.82, 2.24) is 4.90 Å². The molecule has 0 amide bonds. The number of carboxylic acids is 2. The number of aliphatic hydroxyl groups is 2. The Bertz CT molecular complexity index is 944. The third-order valence-electron chi connectivity index (χ3n) is 5.45. The molecule has 2 aliphatic rings. The van der Waals surface area contributed by atoms with E-state index in [-0.39, 0.29) is 12.4 Å². The van der Waals surface area contributed by atoms with Gasteiger partial charge in [0.25, 0.3) is 0 Å². The van der Waals surface area contributed by atoms with Gasteiger partial charge in [0.15, 0.2) is 12.2 Å². The van der Waals surface area contributed by atoms with Crippen LogP contribution >= 0.6 is 12.4 Å². The summed E-state index contributed by atoms with van der Waals surface area (Å²) in [7, 11) is 2.23. The number of halogens is 1. The molecule has 2 aromatic rings. The Balaban J connectivity index is 0.000000269.